The number of aliphatic carboxylic acids is 1. The highest BCUT2D eigenvalue weighted by Crippen LogP contribution is 2.30. The molecule has 3 heterocycles. The minimum absolute atomic E-state index is 0.0170. The van der Waals surface area contributed by atoms with Crippen LogP contribution in [0.5, 0.6) is 0 Å². The molecule has 0 aliphatic rings. The number of carboxylic acid groups (broad SMARTS) is 1. The third-order valence-electron chi connectivity index (χ3n) is 4.82. The lowest BCUT2D eigenvalue weighted by atomic mass is 10.1. The highest BCUT2D eigenvalue weighted by atomic mass is 35.5. The Balaban J connectivity index is 2.00. The second-order valence-electron chi connectivity index (χ2n) is 6.62. The quantitative estimate of drug-likeness (QED) is 0.443. The maximum Gasteiger partial charge on any atom is 0.327 e. The number of carboxylic acids is 1. The summed E-state index contributed by atoms with van der Waals surface area (Å²) in [5, 5.41) is 14.9. The van der Waals surface area contributed by atoms with Gasteiger partial charge in [-0.15, -0.1) is 0 Å². The molecule has 0 aliphatic carbocycles. The van der Waals surface area contributed by atoms with Gasteiger partial charge in [-0.3, -0.25) is 9.36 Å². The number of hydrogen-bond donors (Lipinski definition) is 2. The predicted molar refractivity (Wildman–Crippen MR) is 116 cm³/mol. The van der Waals surface area contributed by atoms with E-state index < -0.39 is 17.6 Å². The number of thiol groups is 1. The lowest BCUT2D eigenvalue weighted by Gasteiger charge is -2.14. The van der Waals surface area contributed by atoms with Gasteiger partial charge in [0.25, 0.3) is 5.56 Å². The van der Waals surface area contributed by atoms with Gasteiger partial charge in [0.1, 0.15) is 6.04 Å². The van der Waals surface area contributed by atoms with Crippen molar-refractivity contribution in [2.75, 3.05) is 12.9 Å². The van der Waals surface area contributed by atoms with Crippen molar-refractivity contribution in [3.8, 4) is 11.1 Å². The average molecular weight is 445 g/mol. The van der Waals surface area contributed by atoms with Crippen LogP contribution in [0.25, 0.3) is 27.7 Å². The second-order valence-corrected chi connectivity index (χ2v) is 7.42. The van der Waals surface area contributed by atoms with Crippen LogP contribution in [0.2, 0.25) is 5.02 Å². The summed E-state index contributed by atoms with van der Waals surface area (Å²) in [5.74, 6) is -1.15. The Labute approximate surface area is 181 Å². The maximum absolute atomic E-state index is 12.9. The van der Waals surface area contributed by atoms with Crippen LogP contribution in [-0.4, -0.2) is 43.1 Å². The van der Waals surface area contributed by atoms with Crippen molar-refractivity contribution in [2.45, 2.75) is 12.6 Å². The van der Waals surface area contributed by atoms with Gasteiger partial charge in [0.2, 0.25) is 0 Å². The minimum atomic E-state index is -1.13. The highest BCUT2D eigenvalue weighted by molar-refractivity contribution is 7.80. The van der Waals surface area contributed by atoms with Crippen molar-refractivity contribution < 1.29 is 14.6 Å². The van der Waals surface area contributed by atoms with E-state index in [1.807, 2.05) is 12.1 Å². The van der Waals surface area contributed by atoms with Crippen LogP contribution in [0.4, 0.5) is 0 Å². The lowest BCUT2D eigenvalue weighted by Crippen LogP contribution is -2.31. The minimum Gasteiger partial charge on any atom is -0.480 e. The largest absolute Gasteiger partial charge is 0.480 e. The van der Waals surface area contributed by atoms with Gasteiger partial charge in [-0.25, -0.2) is 14.3 Å². The molecular formula is C20H17ClN4O4S. The zero-order chi connectivity index (χ0) is 21.4. The molecule has 4 rings (SSSR count). The maximum atomic E-state index is 12.9. The smallest absolute Gasteiger partial charge is 0.327 e. The van der Waals surface area contributed by atoms with Crippen LogP contribution in [-0.2, 0) is 16.1 Å². The first kappa shape index (κ1) is 20.4. The first-order valence-corrected chi connectivity index (χ1v) is 9.97. The van der Waals surface area contributed by atoms with E-state index in [9.17, 15) is 14.7 Å². The standard InChI is InChI=1S/C20H17ClN4O4S/c1-29-9-14-17(11-2-4-12(21)5-3-11)18-22-8-13-15(25(18)23-14)6-7-24(19(13)26)16(10-30)20(27)28/h2-8,16,30H,9-10H2,1H3,(H,27,28)/t16-/m1/s1. The summed E-state index contributed by atoms with van der Waals surface area (Å²) in [4.78, 5) is 28.9. The molecule has 1 aromatic carbocycles. The average Bonchev–Trinajstić information content (AvgIpc) is 3.09. The number of halogens is 1. The van der Waals surface area contributed by atoms with E-state index in [0.29, 0.717) is 21.9 Å². The number of carbonyl (C=O) groups is 1. The number of rotatable bonds is 6. The number of hydrogen-bond acceptors (Lipinski definition) is 6. The van der Waals surface area contributed by atoms with Crippen LogP contribution in [0.3, 0.4) is 0 Å². The fourth-order valence-electron chi connectivity index (χ4n) is 3.41. The lowest BCUT2D eigenvalue weighted by molar-refractivity contribution is -0.140. The summed E-state index contributed by atoms with van der Waals surface area (Å²) in [6, 6.07) is 7.87. The first-order valence-electron chi connectivity index (χ1n) is 8.96. The fourth-order valence-corrected chi connectivity index (χ4v) is 3.87. The molecule has 10 heteroatoms. The van der Waals surface area contributed by atoms with Gasteiger partial charge in [0, 0.05) is 30.3 Å². The number of ether oxygens (including phenoxy) is 1. The van der Waals surface area contributed by atoms with Gasteiger partial charge in [0.15, 0.2) is 5.65 Å². The van der Waals surface area contributed by atoms with Crippen molar-refractivity contribution in [2.24, 2.45) is 0 Å². The summed E-state index contributed by atoms with van der Waals surface area (Å²) in [6.07, 6.45) is 2.89. The molecule has 1 N–H and O–H groups in total. The molecule has 1 atom stereocenters. The monoisotopic (exact) mass is 444 g/mol. The Morgan fingerprint density at radius 1 is 1.30 bits per heavy atom. The molecule has 0 aliphatic heterocycles. The van der Waals surface area contributed by atoms with Gasteiger partial charge in [0.05, 0.1) is 28.8 Å². The van der Waals surface area contributed by atoms with E-state index in [2.05, 4.69) is 22.7 Å². The summed E-state index contributed by atoms with van der Waals surface area (Å²) in [7, 11) is 1.57. The molecular weight excluding hydrogens is 428 g/mol. The zero-order valence-electron chi connectivity index (χ0n) is 15.8. The zero-order valence-corrected chi connectivity index (χ0v) is 17.5. The summed E-state index contributed by atoms with van der Waals surface area (Å²) in [6.45, 7) is 0.251. The van der Waals surface area contributed by atoms with E-state index in [1.165, 1.54) is 12.4 Å². The second kappa shape index (κ2) is 8.10. The van der Waals surface area contributed by atoms with Crippen LogP contribution in [0, 0.1) is 0 Å². The SMILES string of the molecule is COCc1nn2c(ncc3c(=O)n([C@H](CS)C(=O)O)ccc32)c1-c1ccc(Cl)cc1. The third-order valence-corrected chi connectivity index (χ3v) is 5.42. The van der Waals surface area contributed by atoms with Gasteiger partial charge in [-0.1, -0.05) is 23.7 Å². The molecule has 0 bridgehead atoms. The number of nitrogens with zero attached hydrogens (tertiary/aromatic N) is 4. The molecule has 0 spiro atoms. The Morgan fingerprint density at radius 2 is 2.03 bits per heavy atom. The highest BCUT2D eigenvalue weighted by Gasteiger charge is 2.22. The molecule has 0 fully saturated rings. The van der Waals surface area contributed by atoms with Crippen molar-refractivity contribution in [3.05, 3.63) is 63.8 Å². The Kier molecular flexibility index (Phi) is 5.50. The van der Waals surface area contributed by atoms with Crippen molar-refractivity contribution >= 4 is 46.7 Å². The summed E-state index contributed by atoms with van der Waals surface area (Å²) >= 11 is 10.1. The van der Waals surface area contributed by atoms with E-state index in [0.717, 1.165) is 15.7 Å². The van der Waals surface area contributed by atoms with Gasteiger partial charge in [-0.2, -0.15) is 17.7 Å². The Bertz CT molecular complexity index is 1320. The molecule has 0 amide bonds. The topological polar surface area (TPSA) is 98.7 Å². The van der Waals surface area contributed by atoms with Gasteiger partial charge in [-0.05, 0) is 23.8 Å². The molecule has 0 saturated heterocycles. The van der Waals surface area contributed by atoms with Gasteiger partial charge >= 0.3 is 5.97 Å². The Morgan fingerprint density at radius 3 is 2.67 bits per heavy atom. The van der Waals surface area contributed by atoms with Crippen LogP contribution >= 0.6 is 24.2 Å². The number of aromatic nitrogens is 4. The molecule has 4 aromatic rings. The first-order chi connectivity index (χ1) is 14.5. The van der Waals surface area contributed by atoms with E-state index in [4.69, 9.17) is 16.3 Å². The molecule has 0 saturated carbocycles. The van der Waals surface area contributed by atoms with Crippen LogP contribution < -0.4 is 5.56 Å². The fraction of sp³-hybridized carbons (Fsp3) is 0.200. The molecule has 154 valence electrons. The van der Waals surface area contributed by atoms with Crippen LogP contribution in [0.15, 0.2) is 47.5 Å². The van der Waals surface area contributed by atoms with E-state index in [1.54, 1.807) is 29.8 Å². The van der Waals surface area contributed by atoms with E-state index >= 15 is 0 Å². The number of fused-ring (bicyclic) bond motifs is 3. The van der Waals surface area contributed by atoms with Crippen molar-refractivity contribution in [3.63, 3.8) is 0 Å². The number of benzene rings is 1. The molecule has 3 aromatic heterocycles. The molecule has 0 radical (unpaired) electrons. The van der Waals surface area contributed by atoms with Crippen LogP contribution in [0.1, 0.15) is 11.7 Å². The Hall–Kier alpha value is -2.88. The van der Waals surface area contributed by atoms with Crippen molar-refractivity contribution in [1.82, 2.24) is 19.2 Å². The normalized spacial score (nSPS) is 12.5. The summed E-state index contributed by atoms with van der Waals surface area (Å²) in [5.41, 5.74) is 2.89. The molecule has 8 nitrogen and oxygen atoms in total. The summed E-state index contributed by atoms with van der Waals surface area (Å²) < 4.78 is 8.02. The van der Waals surface area contributed by atoms with Crippen molar-refractivity contribution in [1.29, 1.82) is 0 Å². The van der Waals surface area contributed by atoms with E-state index in [-0.39, 0.29) is 17.7 Å². The predicted octanol–water partition coefficient (Wildman–Crippen LogP) is 3.07. The molecule has 30 heavy (non-hydrogen) atoms. The number of methoxy groups -OCH3 is 1. The van der Waals surface area contributed by atoms with Gasteiger partial charge < -0.3 is 9.84 Å². The molecule has 0 unspecified atom stereocenters. The number of pyridine rings is 1. The third kappa shape index (κ3) is 3.34.